The average molecular weight is 1230 g/mol. The highest BCUT2D eigenvalue weighted by atomic mass is 16.5. The second kappa shape index (κ2) is 28.8. The maximum absolute atomic E-state index is 11.6. The Hall–Kier alpha value is -9.49. The van der Waals surface area contributed by atoms with Crippen LogP contribution in [0.4, 0.5) is 62.9 Å². The van der Waals surface area contributed by atoms with Crippen molar-refractivity contribution in [2.24, 2.45) is 5.41 Å². The minimum atomic E-state index is 0.303. The zero-order chi connectivity index (χ0) is 62.6. The Bertz CT molecular complexity index is 3480. The van der Waals surface area contributed by atoms with E-state index in [0.29, 0.717) is 64.8 Å². The quantitative estimate of drug-likeness (QED) is 0.0973. The number of amides is 1. The van der Waals surface area contributed by atoms with Gasteiger partial charge in [0.1, 0.15) is 6.26 Å². The van der Waals surface area contributed by atoms with E-state index in [0.717, 1.165) is 162 Å². The Kier molecular flexibility index (Phi) is 19.9. The van der Waals surface area contributed by atoms with Gasteiger partial charge in [-0.1, -0.05) is 16.7 Å². The molecule has 7 aliphatic rings. The fourth-order valence-electron chi connectivity index (χ4n) is 13.5. The van der Waals surface area contributed by atoms with Gasteiger partial charge in [-0.25, -0.2) is 0 Å². The van der Waals surface area contributed by atoms with Gasteiger partial charge < -0.3 is 76.3 Å². The third-order valence-electron chi connectivity index (χ3n) is 18.6. The Morgan fingerprint density at radius 2 is 0.933 bits per heavy atom. The van der Waals surface area contributed by atoms with Crippen molar-refractivity contribution >= 4 is 68.8 Å². The number of hydrogen-bond donors (Lipinski definition) is 5. The first-order valence-corrected chi connectivity index (χ1v) is 31.6. The third kappa shape index (κ3) is 15.0. The van der Waals surface area contributed by atoms with Gasteiger partial charge in [0, 0.05) is 154 Å². The van der Waals surface area contributed by atoms with E-state index in [1.54, 1.807) is 69.0 Å². The lowest BCUT2D eigenvalue weighted by atomic mass is 9.64. The highest BCUT2D eigenvalue weighted by Gasteiger charge is 2.41. The summed E-state index contributed by atoms with van der Waals surface area (Å²) in [4.78, 5) is 47.4. The molecule has 1 spiro atoms. The molecule has 0 bridgehead atoms. The van der Waals surface area contributed by atoms with Gasteiger partial charge in [-0.05, 0) is 106 Å². The van der Waals surface area contributed by atoms with Crippen LogP contribution in [0.5, 0.6) is 0 Å². The van der Waals surface area contributed by atoms with Crippen molar-refractivity contribution < 1.29 is 18.2 Å². The predicted molar refractivity (Wildman–Crippen MR) is 350 cm³/mol. The fraction of sp³-hybridized carbons (Fsp3) is 0.484. The monoisotopic (exact) mass is 1230 g/mol. The van der Waals surface area contributed by atoms with Gasteiger partial charge in [0.2, 0.25) is 23.6 Å². The fourth-order valence-corrected chi connectivity index (χ4v) is 13.5. The lowest BCUT2D eigenvalue weighted by molar-refractivity contribution is -0.129. The molecule has 1 aliphatic carbocycles. The second-order valence-electron chi connectivity index (χ2n) is 24.4. The first kappa shape index (κ1) is 62.1. The Labute approximate surface area is 525 Å². The van der Waals surface area contributed by atoms with Crippen molar-refractivity contribution in [2.45, 2.75) is 109 Å². The van der Waals surface area contributed by atoms with E-state index in [1.807, 2.05) is 55.3 Å². The summed E-state index contributed by atoms with van der Waals surface area (Å²) in [6, 6.07) is 10.9. The number of piperazine rings is 2. The van der Waals surface area contributed by atoms with Crippen LogP contribution in [0, 0.1) is 26.2 Å². The van der Waals surface area contributed by atoms with Gasteiger partial charge in [0.25, 0.3) is 0 Å². The van der Waals surface area contributed by atoms with Crippen LogP contribution in [0.2, 0.25) is 0 Å². The van der Waals surface area contributed by atoms with Gasteiger partial charge in [0.05, 0.1) is 93.6 Å². The first-order valence-electron chi connectivity index (χ1n) is 31.6. The highest BCUT2D eigenvalue weighted by Crippen LogP contribution is 2.48. The van der Waals surface area contributed by atoms with E-state index in [9.17, 15) is 4.79 Å². The molecule has 8 aromatic heterocycles. The van der Waals surface area contributed by atoms with Gasteiger partial charge in [-0.2, -0.15) is 0 Å². The number of anilines is 11. The Morgan fingerprint density at radius 1 is 0.478 bits per heavy atom. The Morgan fingerprint density at radius 3 is 1.39 bits per heavy atom. The summed E-state index contributed by atoms with van der Waals surface area (Å²) >= 11 is 0. The van der Waals surface area contributed by atoms with Crippen LogP contribution in [0.15, 0.2) is 112 Å². The molecule has 6 saturated heterocycles. The number of pyridine rings is 5. The van der Waals surface area contributed by atoms with Crippen LogP contribution in [0.1, 0.15) is 111 Å². The zero-order valence-corrected chi connectivity index (χ0v) is 52.1. The molecule has 15 rings (SSSR count). The molecule has 26 heteroatoms. The molecular weight excluding hydrogens is 1140 g/mol. The Balaban J connectivity index is 0.000000116. The number of nitrogens with zero attached hydrogens (tertiary/aromatic N) is 17. The molecule has 1 saturated carbocycles. The minimum Gasteiger partial charge on any atom is -0.425 e. The maximum atomic E-state index is 11.6. The number of hydrogen-bond acceptors (Lipinski definition) is 25. The summed E-state index contributed by atoms with van der Waals surface area (Å²) in [7, 11) is 0. The van der Waals surface area contributed by atoms with Crippen molar-refractivity contribution in [2.75, 3.05) is 143 Å². The molecule has 1 atom stereocenters. The number of fused-ring (bicyclic) bond motifs is 1. The standard InChI is InChI=1S/C14H18N4O.C13H17N5O.C13H19N3.C12H16N6O.C12H16N4O/c1-10-12(9-19-17-10)11-3-6-18(7-4-11)14-2-5-16-8-13(14)15;1-9-16-17-13(19-9)10-3-6-18(7-4-10)12-2-5-15-8-11(12)14;14-11-9-15-7-3-12(11)16-8-2-6-13(10-16)4-1-5-13;1-9-15-16-12(19-9)18-6-4-17(5-7-18)11-2-3-14-8-10(11)13;13-10-7-14-4-3-11(10)15-5-6-16-9(8-15)1-2-12(16)17/h2,5,8-9,11H,3-4,6-7,15H2,1H3;2,5,8,10H,3-4,6-7,14H2,1H3;3,7,9H,1-2,4-6,8,10,14H2;2-3,8H,4-7,13H2,1H3;3-4,7,9H,1-2,5-6,8,13H2/t;;;;9-/m....0/s1. The summed E-state index contributed by atoms with van der Waals surface area (Å²) < 4.78 is 16.0. The lowest BCUT2D eigenvalue weighted by Gasteiger charge is -2.49. The maximum Gasteiger partial charge on any atom is 0.318 e. The van der Waals surface area contributed by atoms with Crippen molar-refractivity contribution in [1.82, 2.24) is 55.4 Å². The number of nitrogen functional groups attached to an aromatic ring is 5. The van der Waals surface area contributed by atoms with E-state index < -0.39 is 0 Å². The van der Waals surface area contributed by atoms with Crippen molar-refractivity contribution in [3.05, 3.63) is 127 Å². The molecule has 26 nitrogen and oxygen atoms in total. The SMILES string of the molecule is Cc1nnc(C2CCN(c3ccncc3N)CC2)o1.Cc1nnc(N2CCN(c3ccncc3N)CC2)o1.Cc1nocc1C1CCN(c2ccncc2N)CC1.Nc1cnccc1N1CCCC2(CCC2)C1.Nc1cnccc1N1CCN2C(=O)CC[C@H]2C1. The molecule has 1 amide bonds. The number of rotatable bonds is 8. The smallest absolute Gasteiger partial charge is 0.318 e. The number of aryl methyl sites for hydroxylation is 3. The number of aromatic nitrogens is 10. The first-order chi connectivity index (χ1) is 43.8. The topological polar surface area (TPSA) is 338 Å². The summed E-state index contributed by atoms with van der Waals surface area (Å²) in [5, 5.41) is 19.9. The normalized spacial score (nSPS) is 19.1. The van der Waals surface area contributed by atoms with Crippen LogP contribution in [-0.2, 0) is 4.79 Å². The molecule has 0 radical (unpaired) electrons. The molecule has 90 heavy (non-hydrogen) atoms. The van der Waals surface area contributed by atoms with Gasteiger partial charge in [-0.3, -0.25) is 29.7 Å². The summed E-state index contributed by atoms with van der Waals surface area (Å²) in [5.41, 5.74) is 41.8. The van der Waals surface area contributed by atoms with E-state index >= 15 is 0 Å². The van der Waals surface area contributed by atoms with E-state index in [-0.39, 0.29) is 0 Å². The van der Waals surface area contributed by atoms with Crippen molar-refractivity contribution in [3.63, 3.8) is 0 Å². The van der Waals surface area contributed by atoms with Crippen LogP contribution in [-0.4, -0.2) is 152 Å². The molecule has 8 aromatic rings. The summed E-state index contributed by atoms with van der Waals surface area (Å²) in [6.45, 7) is 17.8. The number of carbonyl (C=O) groups is 1. The van der Waals surface area contributed by atoms with Gasteiger partial charge in [-0.15, -0.1) is 15.3 Å². The highest BCUT2D eigenvalue weighted by molar-refractivity contribution is 5.79. The summed E-state index contributed by atoms with van der Waals surface area (Å²) in [6.07, 6.45) is 32.1. The molecule has 476 valence electrons. The number of piperidine rings is 3. The van der Waals surface area contributed by atoms with E-state index in [4.69, 9.17) is 42.0 Å². The van der Waals surface area contributed by atoms with E-state index in [2.05, 4.69) is 79.9 Å². The predicted octanol–water partition coefficient (Wildman–Crippen LogP) is 7.67. The third-order valence-corrected chi connectivity index (χ3v) is 18.6. The minimum absolute atomic E-state index is 0.303. The molecule has 7 fully saturated rings. The van der Waals surface area contributed by atoms with Gasteiger partial charge >= 0.3 is 6.01 Å². The van der Waals surface area contributed by atoms with Crippen LogP contribution < -0.4 is 58.1 Å². The molecule has 0 aromatic carbocycles. The number of carbonyl (C=O) groups excluding carboxylic acids is 1. The summed E-state index contributed by atoms with van der Waals surface area (Å²) in [5.74, 6) is 3.20. The average Bonchev–Trinajstić information content (AvgIpc) is 2.09. The molecule has 0 unspecified atom stereocenters. The molecule has 10 N–H and O–H groups in total. The van der Waals surface area contributed by atoms with Gasteiger partial charge in [0.15, 0.2) is 0 Å². The zero-order valence-electron chi connectivity index (χ0n) is 52.1. The van der Waals surface area contributed by atoms with Crippen LogP contribution >= 0.6 is 0 Å². The molecule has 14 heterocycles. The lowest BCUT2D eigenvalue weighted by Crippen LogP contribution is -2.51. The molecular formula is C64H86N22O4. The van der Waals surface area contributed by atoms with Crippen molar-refractivity contribution in [3.8, 4) is 0 Å². The van der Waals surface area contributed by atoms with E-state index in [1.165, 1.54) is 49.9 Å². The number of nitrogens with two attached hydrogens (primary N) is 5. The molecule has 6 aliphatic heterocycles. The van der Waals surface area contributed by atoms with Crippen LogP contribution in [0.25, 0.3) is 0 Å². The largest absolute Gasteiger partial charge is 0.425 e. The second-order valence-corrected chi connectivity index (χ2v) is 24.4. The van der Waals surface area contributed by atoms with Crippen molar-refractivity contribution in [1.29, 1.82) is 0 Å². The van der Waals surface area contributed by atoms with Crippen LogP contribution in [0.3, 0.4) is 0 Å².